The Hall–Kier alpha value is -3.91. The Morgan fingerprint density at radius 3 is 2.29 bits per heavy atom. The number of ether oxygens (including phenoxy) is 2. The van der Waals surface area contributed by atoms with Gasteiger partial charge in [-0.25, -0.2) is 10.5 Å². The Kier molecular flexibility index (Phi) is 15.6. The van der Waals surface area contributed by atoms with Crippen LogP contribution in [0.1, 0.15) is 87.0 Å². The minimum absolute atomic E-state index is 0.0123. The van der Waals surface area contributed by atoms with Crippen LogP contribution in [0.5, 0.6) is 0 Å². The Morgan fingerprint density at radius 1 is 1.04 bits per heavy atom. The van der Waals surface area contributed by atoms with Crippen LogP contribution in [0.4, 0.5) is 0 Å². The smallest absolute Gasteiger partial charge is 0.325 e. The highest BCUT2D eigenvalue weighted by molar-refractivity contribution is 5.96. The number of hydrogen-bond acceptors (Lipinski definition) is 13. The third kappa shape index (κ3) is 10.7. The highest BCUT2D eigenvalue weighted by Gasteiger charge is 2.57. The summed E-state index contributed by atoms with van der Waals surface area (Å²) in [6.07, 6.45) is 0.0318. The third-order valence-corrected chi connectivity index (χ3v) is 10.8. The quantitative estimate of drug-likeness (QED) is 0.133. The lowest BCUT2D eigenvalue weighted by Crippen LogP contribution is -2.70. The van der Waals surface area contributed by atoms with Crippen LogP contribution in [0.25, 0.3) is 0 Å². The number of hydrazine groups is 1. The molecule has 19 nitrogen and oxygen atoms in total. The van der Waals surface area contributed by atoms with Crippen LogP contribution in [0.3, 0.4) is 0 Å². The van der Waals surface area contributed by atoms with Gasteiger partial charge < -0.3 is 40.1 Å². The van der Waals surface area contributed by atoms with Crippen molar-refractivity contribution in [2.45, 2.75) is 129 Å². The molecule has 6 N–H and O–H groups in total. The minimum atomic E-state index is -2.65. The lowest BCUT2D eigenvalue weighted by Gasteiger charge is -2.48. The van der Waals surface area contributed by atoms with Gasteiger partial charge >= 0.3 is 5.97 Å². The van der Waals surface area contributed by atoms with Crippen molar-refractivity contribution in [3.63, 3.8) is 0 Å². The van der Waals surface area contributed by atoms with E-state index in [1.807, 2.05) is 6.92 Å². The van der Waals surface area contributed by atoms with Crippen molar-refractivity contribution < 1.29 is 58.5 Å². The summed E-state index contributed by atoms with van der Waals surface area (Å²) >= 11 is 0. The maximum Gasteiger partial charge on any atom is 0.325 e. The SMILES string of the molecule is CC[C@H]1O[C@@](O)([C@](C)(O)C(=O)N[C@@H]2C(=O)N3NCCC[C@@H]3C(=O)N(O)CC(=O)N(C)[C@@H](C)C(=O)NCC(=O)N(C)CC(=O)OC2C(C)C)CC[C@@H]1CC(C)C. The van der Waals surface area contributed by atoms with E-state index in [-0.39, 0.29) is 30.4 Å². The van der Waals surface area contributed by atoms with E-state index in [2.05, 4.69) is 29.9 Å². The minimum Gasteiger partial charge on any atom is -0.458 e. The molecule has 0 aliphatic carbocycles. The molecule has 0 aromatic heterocycles. The highest BCUT2D eigenvalue weighted by Crippen LogP contribution is 2.41. The third-order valence-electron chi connectivity index (χ3n) is 10.8. The van der Waals surface area contributed by atoms with E-state index in [1.165, 1.54) is 21.0 Å². The summed E-state index contributed by atoms with van der Waals surface area (Å²) in [4.78, 5) is 96.5. The van der Waals surface area contributed by atoms with E-state index < -0.39 is 109 Å². The average molecular weight is 784 g/mol. The predicted molar refractivity (Wildman–Crippen MR) is 194 cm³/mol. The molecule has 55 heavy (non-hydrogen) atoms. The van der Waals surface area contributed by atoms with E-state index >= 15 is 0 Å². The van der Waals surface area contributed by atoms with Crippen LogP contribution in [0.15, 0.2) is 0 Å². The number of carbonyl (C=O) groups excluding carboxylic acids is 7. The van der Waals surface area contributed by atoms with Crippen molar-refractivity contribution in [3.8, 4) is 0 Å². The monoisotopic (exact) mass is 783 g/mol. The number of likely N-dealkylation sites (N-methyl/N-ethyl adjacent to an activating group) is 2. The van der Waals surface area contributed by atoms with Gasteiger partial charge in [-0.15, -0.1) is 0 Å². The van der Waals surface area contributed by atoms with Gasteiger partial charge in [0.1, 0.15) is 37.3 Å². The summed E-state index contributed by atoms with van der Waals surface area (Å²) in [6.45, 7) is 9.71. The first-order chi connectivity index (χ1) is 25.6. The molecular weight excluding hydrogens is 722 g/mol. The molecule has 0 spiro atoms. The van der Waals surface area contributed by atoms with Crippen LogP contribution in [0.2, 0.25) is 0 Å². The summed E-state index contributed by atoms with van der Waals surface area (Å²) in [5.74, 6) is -9.24. The fourth-order valence-corrected chi connectivity index (χ4v) is 7.10. The first kappa shape index (κ1) is 45.5. The molecule has 0 saturated carbocycles. The van der Waals surface area contributed by atoms with Crippen molar-refractivity contribution in [1.82, 2.24) is 35.9 Å². The maximum atomic E-state index is 14.6. The van der Waals surface area contributed by atoms with E-state index in [4.69, 9.17) is 9.47 Å². The normalized spacial score (nSPS) is 31.3. The number of nitrogens with zero attached hydrogens (tertiary/aromatic N) is 4. The van der Waals surface area contributed by atoms with E-state index in [0.717, 1.165) is 28.2 Å². The van der Waals surface area contributed by atoms with Gasteiger partial charge in [0.2, 0.25) is 23.5 Å². The zero-order valence-corrected chi connectivity index (χ0v) is 33.5. The van der Waals surface area contributed by atoms with Gasteiger partial charge in [-0.3, -0.25) is 43.8 Å². The number of fused-ring (bicyclic) bond motifs is 1. The highest BCUT2D eigenvalue weighted by atomic mass is 16.6. The number of rotatable bonds is 7. The molecule has 3 heterocycles. The van der Waals surface area contributed by atoms with Gasteiger partial charge in [-0.05, 0) is 63.7 Å². The Balaban J connectivity index is 2.06. The van der Waals surface area contributed by atoms with Crippen molar-refractivity contribution >= 4 is 41.4 Å². The van der Waals surface area contributed by atoms with Crippen LogP contribution in [-0.2, 0) is 43.0 Å². The zero-order chi connectivity index (χ0) is 41.6. The molecule has 6 amide bonds. The van der Waals surface area contributed by atoms with Crippen molar-refractivity contribution in [1.29, 1.82) is 0 Å². The van der Waals surface area contributed by atoms with Crippen LogP contribution < -0.4 is 16.1 Å². The van der Waals surface area contributed by atoms with E-state index in [9.17, 15) is 49.0 Å². The molecule has 3 fully saturated rings. The fraction of sp³-hybridized carbons (Fsp3) is 0.806. The van der Waals surface area contributed by atoms with Gasteiger partial charge in [-0.2, -0.15) is 0 Å². The molecule has 0 aromatic rings. The maximum absolute atomic E-state index is 14.6. The molecule has 1 unspecified atom stereocenters. The van der Waals surface area contributed by atoms with Crippen molar-refractivity contribution in [3.05, 3.63) is 0 Å². The summed E-state index contributed by atoms with van der Waals surface area (Å²) in [7, 11) is 2.55. The molecule has 3 aliphatic rings. The van der Waals surface area contributed by atoms with Crippen molar-refractivity contribution in [2.75, 3.05) is 40.3 Å². The van der Waals surface area contributed by atoms with E-state index in [1.54, 1.807) is 13.8 Å². The molecule has 0 aromatic carbocycles. The molecular formula is C36H61N7O12. The van der Waals surface area contributed by atoms with E-state index in [0.29, 0.717) is 25.2 Å². The second-order valence-electron chi connectivity index (χ2n) is 15.8. The number of aliphatic hydroxyl groups is 2. The average Bonchev–Trinajstić information content (AvgIpc) is 3.13. The summed E-state index contributed by atoms with van der Waals surface area (Å²) < 4.78 is 11.8. The largest absolute Gasteiger partial charge is 0.458 e. The van der Waals surface area contributed by atoms with Gasteiger partial charge in [0.15, 0.2) is 5.60 Å². The number of esters is 1. The fourth-order valence-electron chi connectivity index (χ4n) is 7.10. The topological polar surface area (TPSA) is 248 Å². The van der Waals surface area contributed by atoms with Gasteiger partial charge in [0, 0.05) is 27.1 Å². The number of amides is 6. The zero-order valence-electron chi connectivity index (χ0n) is 33.5. The Morgan fingerprint density at radius 2 is 1.69 bits per heavy atom. The lowest BCUT2D eigenvalue weighted by molar-refractivity contribution is -0.329. The first-order valence-electron chi connectivity index (χ1n) is 19.0. The molecule has 19 heteroatoms. The molecule has 312 valence electrons. The Bertz CT molecular complexity index is 1440. The second kappa shape index (κ2) is 18.8. The molecule has 0 bridgehead atoms. The van der Waals surface area contributed by atoms with Crippen LogP contribution in [-0.4, -0.2) is 159 Å². The second-order valence-corrected chi connectivity index (χ2v) is 15.8. The number of cyclic esters (lactones) is 1. The molecule has 8 atom stereocenters. The molecule has 0 radical (unpaired) electrons. The number of hydrogen-bond donors (Lipinski definition) is 6. The lowest BCUT2D eigenvalue weighted by atomic mass is 9.78. The van der Waals surface area contributed by atoms with Gasteiger partial charge in [0.25, 0.3) is 17.7 Å². The summed E-state index contributed by atoms with van der Waals surface area (Å²) in [5, 5.41) is 40.2. The van der Waals surface area contributed by atoms with Gasteiger partial charge in [0.05, 0.1) is 12.6 Å². The van der Waals surface area contributed by atoms with Gasteiger partial charge in [-0.1, -0.05) is 34.6 Å². The summed E-state index contributed by atoms with van der Waals surface area (Å²) in [5.41, 5.74) is 0.163. The van der Waals surface area contributed by atoms with Crippen LogP contribution >= 0.6 is 0 Å². The Labute approximate surface area is 322 Å². The summed E-state index contributed by atoms with van der Waals surface area (Å²) in [6, 6.07) is -4.36. The predicted octanol–water partition coefficient (Wildman–Crippen LogP) is -1.12. The van der Waals surface area contributed by atoms with Crippen LogP contribution in [0, 0.1) is 17.8 Å². The standard InChI is InChI=1S/C36H61N7O12/c1-10-25-23(16-20(2)3)13-14-36(52,55-25)35(7,51)34(50)39-29-30(21(4)5)54-28(46)19-40(8)26(44)17-37-31(47)22(6)41(9)27(45)18-42(53)32(48)24-12-11-15-38-43(24)33(29)49/h20-25,29-30,38,51-53H,10-19H2,1-9H3,(H,37,47)(H,39,50)/t22-,23+,24+,25+,29-,30?,35+,36+/m0/s1. The first-order valence-corrected chi connectivity index (χ1v) is 19.0. The molecule has 3 saturated heterocycles. The number of hydroxylamine groups is 2. The molecule has 3 rings (SSSR count). The molecule has 3 aliphatic heterocycles. The van der Waals surface area contributed by atoms with Crippen molar-refractivity contribution in [2.24, 2.45) is 17.8 Å². The number of nitrogens with one attached hydrogen (secondary N) is 3. The number of carbonyl (C=O) groups is 7.